The summed E-state index contributed by atoms with van der Waals surface area (Å²) < 4.78 is 0. The van der Waals surface area contributed by atoms with E-state index in [1.807, 2.05) is 24.3 Å². The zero-order valence-corrected chi connectivity index (χ0v) is 12.8. The summed E-state index contributed by atoms with van der Waals surface area (Å²) in [6.07, 6.45) is 0. The van der Waals surface area contributed by atoms with Gasteiger partial charge in [-0.3, -0.25) is 4.90 Å². The van der Waals surface area contributed by atoms with E-state index in [0.717, 1.165) is 41.5 Å². The first kappa shape index (κ1) is 14.9. The molecule has 2 aromatic carbocycles. The predicted octanol–water partition coefficient (Wildman–Crippen LogP) is 4.25. The van der Waals surface area contributed by atoms with Crippen LogP contribution in [0.25, 0.3) is 0 Å². The molecule has 0 spiro atoms. The Morgan fingerprint density at radius 3 is 2.40 bits per heavy atom. The molecule has 3 heteroatoms. The molecule has 0 unspecified atom stereocenters. The fourth-order valence-electron chi connectivity index (χ4n) is 2.22. The zero-order chi connectivity index (χ0) is 14.5. The Morgan fingerprint density at radius 2 is 1.75 bits per heavy atom. The number of hydrogen-bond acceptors (Lipinski definition) is 2. The van der Waals surface area contributed by atoms with E-state index in [2.05, 4.69) is 36.9 Å². The van der Waals surface area contributed by atoms with Crippen molar-refractivity contribution in [3.05, 3.63) is 64.2 Å². The molecular weight excluding hydrogens is 268 g/mol. The lowest BCUT2D eigenvalue weighted by Gasteiger charge is -2.22. The Balaban J connectivity index is 2.11. The van der Waals surface area contributed by atoms with Gasteiger partial charge in [-0.15, -0.1) is 0 Å². The van der Waals surface area contributed by atoms with Crippen LogP contribution in [0.5, 0.6) is 0 Å². The van der Waals surface area contributed by atoms with Crippen molar-refractivity contribution in [3.63, 3.8) is 0 Å². The van der Waals surface area contributed by atoms with Gasteiger partial charge in [0.25, 0.3) is 0 Å². The second kappa shape index (κ2) is 6.78. The van der Waals surface area contributed by atoms with Gasteiger partial charge in [0.1, 0.15) is 0 Å². The van der Waals surface area contributed by atoms with E-state index >= 15 is 0 Å². The molecule has 2 aromatic rings. The third-order valence-corrected chi connectivity index (χ3v) is 3.85. The highest BCUT2D eigenvalue weighted by molar-refractivity contribution is 6.31. The normalized spacial score (nSPS) is 11.0. The Bertz CT molecular complexity index is 581. The van der Waals surface area contributed by atoms with Crippen molar-refractivity contribution in [2.45, 2.75) is 26.9 Å². The molecule has 0 saturated carbocycles. The molecule has 0 aromatic heterocycles. The minimum absolute atomic E-state index is 0.837. The maximum atomic E-state index is 6.31. The van der Waals surface area contributed by atoms with Gasteiger partial charge < -0.3 is 5.73 Å². The van der Waals surface area contributed by atoms with Crippen molar-refractivity contribution in [3.8, 4) is 0 Å². The summed E-state index contributed by atoms with van der Waals surface area (Å²) in [4.78, 5) is 2.34. The molecule has 0 atom stereocenters. The number of rotatable bonds is 5. The summed E-state index contributed by atoms with van der Waals surface area (Å²) >= 11 is 6.31. The molecule has 106 valence electrons. The van der Waals surface area contributed by atoms with Crippen molar-refractivity contribution in [2.75, 3.05) is 12.3 Å². The molecule has 20 heavy (non-hydrogen) atoms. The van der Waals surface area contributed by atoms with Crippen molar-refractivity contribution in [1.29, 1.82) is 0 Å². The van der Waals surface area contributed by atoms with E-state index < -0.39 is 0 Å². The lowest BCUT2D eigenvalue weighted by molar-refractivity contribution is 0.272. The number of nitrogens with two attached hydrogens (primary N) is 1. The van der Waals surface area contributed by atoms with Gasteiger partial charge in [0.15, 0.2) is 0 Å². The van der Waals surface area contributed by atoms with Gasteiger partial charge in [0, 0.05) is 23.8 Å². The largest absolute Gasteiger partial charge is 0.398 e. The number of para-hydroxylation sites is 1. The van der Waals surface area contributed by atoms with Gasteiger partial charge in [0.05, 0.1) is 0 Å². The summed E-state index contributed by atoms with van der Waals surface area (Å²) in [5.41, 5.74) is 10.4. The van der Waals surface area contributed by atoms with Gasteiger partial charge in [-0.1, -0.05) is 48.9 Å². The summed E-state index contributed by atoms with van der Waals surface area (Å²) in [7, 11) is 0. The zero-order valence-electron chi connectivity index (χ0n) is 12.1. The van der Waals surface area contributed by atoms with Crippen LogP contribution in [0.1, 0.15) is 23.6 Å². The fraction of sp³-hybridized carbons (Fsp3) is 0.294. The molecular formula is C17H21ClN2. The Morgan fingerprint density at radius 1 is 1.05 bits per heavy atom. The SMILES string of the molecule is CCN(Cc1ccccc1N)Cc1ccc(C)cc1Cl. The quantitative estimate of drug-likeness (QED) is 0.833. The number of hydrogen-bond donors (Lipinski definition) is 1. The number of anilines is 1. The Labute approximate surface area is 126 Å². The molecule has 2 rings (SSSR count). The van der Waals surface area contributed by atoms with Gasteiger partial charge in [-0.05, 0) is 42.3 Å². The van der Waals surface area contributed by atoms with Gasteiger partial charge in [-0.2, -0.15) is 0 Å². The van der Waals surface area contributed by atoms with E-state index in [0.29, 0.717) is 0 Å². The van der Waals surface area contributed by atoms with Crippen LogP contribution < -0.4 is 5.73 Å². The number of benzene rings is 2. The minimum atomic E-state index is 0.837. The molecule has 0 heterocycles. The molecule has 0 aliphatic rings. The van der Waals surface area contributed by atoms with E-state index in [-0.39, 0.29) is 0 Å². The third kappa shape index (κ3) is 3.75. The molecule has 0 bridgehead atoms. The summed E-state index contributed by atoms with van der Waals surface area (Å²) in [6, 6.07) is 14.2. The highest BCUT2D eigenvalue weighted by atomic mass is 35.5. The first-order valence-corrected chi connectivity index (χ1v) is 7.28. The van der Waals surface area contributed by atoms with Gasteiger partial charge >= 0.3 is 0 Å². The average molecular weight is 289 g/mol. The molecule has 0 amide bonds. The molecule has 0 saturated heterocycles. The number of nitrogen functional groups attached to an aromatic ring is 1. The molecule has 2 N–H and O–H groups in total. The summed E-state index contributed by atoms with van der Waals surface area (Å²) in [5.74, 6) is 0. The van der Waals surface area contributed by atoms with Crippen LogP contribution in [-0.4, -0.2) is 11.4 Å². The Hall–Kier alpha value is -1.51. The first-order chi connectivity index (χ1) is 9.60. The highest BCUT2D eigenvalue weighted by Crippen LogP contribution is 2.21. The molecule has 2 nitrogen and oxygen atoms in total. The summed E-state index contributed by atoms with van der Waals surface area (Å²) in [6.45, 7) is 6.84. The van der Waals surface area contributed by atoms with E-state index in [9.17, 15) is 0 Å². The third-order valence-electron chi connectivity index (χ3n) is 3.50. The molecule has 0 radical (unpaired) electrons. The lowest BCUT2D eigenvalue weighted by atomic mass is 10.1. The van der Waals surface area contributed by atoms with Crippen LogP contribution in [0.3, 0.4) is 0 Å². The molecule has 0 fully saturated rings. The van der Waals surface area contributed by atoms with Crippen LogP contribution >= 0.6 is 11.6 Å². The van der Waals surface area contributed by atoms with Crippen LogP contribution in [0.4, 0.5) is 5.69 Å². The van der Waals surface area contributed by atoms with E-state index in [4.69, 9.17) is 17.3 Å². The maximum absolute atomic E-state index is 6.31. The standard InChI is InChI=1S/C17H21ClN2/c1-3-20(12-15-6-4-5-7-17(15)19)11-14-9-8-13(2)10-16(14)18/h4-10H,3,11-12,19H2,1-2H3. The van der Waals surface area contributed by atoms with Crippen molar-refractivity contribution in [2.24, 2.45) is 0 Å². The monoisotopic (exact) mass is 288 g/mol. The van der Waals surface area contributed by atoms with Gasteiger partial charge in [0.2, 0.25) is 0 Å². The smallest absolute Gasteiger partial charge is 0.0453 e. The lowest BCUT2D eigenvalue weighted by Crippen LogP contribution is -2.23. The van der Waals surface area contributed by atoms with E-state index in [1.54, 1.807) is 0 Å². The van der Waals surface area contributed by atoms with Crippen molar-refractivity contribution in [1.82, 2.24) is 4.90 Å². The molecule has 0 aliphatic carbocycles. The number of nitrogens with zero attached hydrogens (tertiary/aromatic N) is 1. The number of aryl methyl sites for hydroxylation is 1. The average Bonchev–Trinajstić information content (AvgIpc) is 2.43. The second-order valence-corrected chi connectivity index (χ2v) is 5.50. The van der Waals surface area contributed by atoms with Crippen LogP contribution in [-0.2, 0) is 13.1 Å². The number of halogens is 1. The van der Waals surface area contributed by atoms with E-state index in [1.165, 1.54) is 5.56 Å². The maximum Gasteiger partial charge on any atom is 0.0453 e. The second-order valence-electron chi connectivity index (χ2n) is 5.10. The fourth-order valence-corrected chi connectivity index (χ4v) is 2.51. The van der Waals surface area contributed by atoms with Gasteiger partial charge in [-0.25, -0.2) is 0 Å². The van der Waals surface area contributed by atoms with Crippen molar-refractivity contribution >= 4 is 17.3 Å². The minimum Gasteiger partial charge on any atom is -0.398 e. The van der Waals surface area contributed by atoms with Crippen LogP contribution in [0.2, 0.25) is 5.02 Å². The molecule has 0 aliphatic heterocycles. The van der Waals surface area contributed by atoms with Crippen LogP contribution in [0, 0.1) is 6.92 Å². The first-order valence-electron chi connectivity index (χ1n) is 6.91. The summed E-state index contributed by atoms with van der Waals surface area (Å²) in [5, 5.41) is 0.837. The predicted molar refractivity (Wildman–Crippen MR) is 86.8 cm³/mol. The van der Waals surface area contributed by atoms with Crippen LogP contribution in [0.15, 0.2) is 42.5 Å². The Kier molecular flexibility index (Phi) is 5.05. The van der Waals surface area contributed by atoms with Crippen molar-refractivity contribution < 1.29 is 0 Å². The topological polar surface area (TPSA) is 29.3 Å². The highest BCUT2D eigenvalue weighted by Gasteiger charge is 2.09.